The molecule has 30 heavy (non-hydrogen) atoms. The van der Waals surface area contributed by atoms with Gasteiger partial charge in [-0.2, -0.15) is 0 Å². The number of piperidine rings is 1. The number of rotatable bonds is 5. The van der Waals surface area contributed by atoms with Gasteiger partial charge in [-0.3, -0.25) is 9.59 Å². The number of likely N-dealkylation sites (tertiary alicyclic amines) is 1. The van der Waals surface area contributed by atoms with E-state index in [9.17, 15) is 9.59 Å². The zero-order valence-corrected chi connectivity index (χ0v) is 17.6. The molecule has 0 spiro atoms. The smallest absolute Gasteiger partial charge is 0.253 e. The first kappa shape index (κ1) is 20.1. The Hall–Kier alpha value is -3.15. The van der Waals surface area contributed by atoms with Gasteiger partial charge in [-0.05, 0) is 51.0 Å². The number of aryl methyl sites for hydroxylation is 2. The van der Waals surface area contributed by atoms with Crippen LogP contribution in [0.5, 0.6) is 0 Å². The van der Waals surface area contributed by atoms with E-state index >= 15 is 0 Å². The molecule has 0 aliphatic carbocycles. The van der Waals surface area contributed by atoms with Crippen molar-refractivity contribution >= 4 is 22.8 Å². The number of para-hydroxylation sites is 2. The van der Waals surface area contributed by atoms with Crippen molar-refractivity contribution in [2.75, 3.05) is 19.6 Å². The first-order valence-electron chi connectivity index (χ1n) is 10.6. The molecule has 0 radical (unpaired) electrons. The van der Waals surface area contributed by atoms with Gasteiger partial charge in [0, 0.05) is 31.7 Å². The molecule has 1 saturated heterocycles. The van der Waals surface area contributed by atoms with Crippen molar-refractivity contribution < 1.29 is 9.59 Å². The van der Waals surface area contributed by atoms with E-state index in [1.807, 2.05) is 67.3 Å². The minimum Gasteiger partial charge on any atom is -0.354 e. The predicted molar refractivity (Wildman–Crippen MR) is 117 cm³/mol. The maximum Gasteiger partial charge on any atom is 0.253 e. The van der Waals surface area contributed by atoms with E-state index in [1.165, 1.54) is 0 Å². The fourth-order valence-corrected chi connectivity index (χ4v) is 4.17. The van der Waals surface area contributed by atoms with Crippen LogP contribution in [-0.2, 0) is 11.3 Å². The van der Waals surface area contributed by atoms with Gasteiger partial charge < -0.3 is 14.8 Å². The molecule has 2 heterocycles. The summed E-state index contributed by atoms with van der Waals surface area (Å²) in [6.45, 7) is 6.39. The number of imidazole rings is 1. The summed E-state index contributed by atoms with van der Waals surface area (Å²) in [5, 5.41) is 3.06. The van der Waals surface area contributed by atoms with Crippen molar-refractivity contribution in [1.29, 1.82) is 0 Å². The molecular weight excluding hydrogens is 376 g/mol. The molecule has 1 aliphatic rings. The van der Waals surface area contributed by atoms with Crippen molar-refractivity contribution in [3.63, 3.8) is 0 Å². The molecule has 6 nitrogen and oxygen atoms in total. The van der Waals surface area contributed by atoms with E-state index in [-0.39, 0.29) is 17.7 Å². The highest BCUT2D eigenvalue weighted by molar-refractivity contribution is 5.94. The lowest BCUT2D eigenvalue weighted by atomic mass is 9.96. The van der Waals surface area contributed by atoms with Gasteiger partial charge in [-0.1, -0.05) is 29.8 Å². The lowest BCUT2D eigenvalue weighted by Gasteiger charge is -2.32. The van der Waals surface area contributed by atoms with Crippen LogP contribution in [0.15, 0.2) is 48.5 Å². The van der Waals surface area contributed by atoms with Crippen LogP contribution in [0.25, 0.3) is 11.0 Å². The number of hydrogen-bond acceptors (Lipinski definition) is 3. The topological polar surface area (TPSA) is 67.2 Å². The number of benzene rings is 2. The number of amides is 2. The molecule has 4 rings (SSSR count). The number of nitrogens with one attached hydrogen (secondary N) is 1. The van der Waals surface area contributed by atoms with Gasteiger partial charge in [0.2, 0.25) is 5.91 Å². The highest BCUT2D eigenvalue weighted by Gasteiger charge is 2.28. The molecule has 1 fully saturated rings. The van der Waals surface area contributed by atoms with Gasteiger partial charge in [0.1, 0.15) is 5.82 Å². The second kappa shape index (κ2) is 8.69. The summed E-state index contributed by atoms with van der Waals surface area (Å²) in [4.78, 5) is 31.9. The minimum absolute atomic E-state index is 0.00742. The van der Waals surface area contributed by atoms with Crippen molar-refractivity contribution in [2.45, 2.75) is 33.2 Å². The first-order chi connectivity index (χ1) is 14.5. The normalized spacial score (nSPS) is 16.6. The van der Waals surface area contributed by atoms with Crippen LogP contribution in [0.2, 0.25) is 0 Å². The molecule has 1 N–H and O–H groups in total. The standard InChI is InChI=1S/C24H28N4O2/c1-17-9-11-19(12-10-17)24(30)27-14-5-6-20(16-27)23(29)25-13-15-28-18(2)26-21-7-3-4-8-22(21)28/h3-4,7-12,20H,5-6,13-16H2,1-2H3,(H,25,29)/t20-/m0/s1. The van der Waals surface area contributed by atoms with Gasteiger partial charge >= 0.3 is 0 Å². The molecule has 156 valence electrons. The molecule has 6 heteroatoms. The number of aromatic nitrogens is 2. The number of carbonyl (C=O) groups is 2. The summed E-state index contributed by atoms with van der Waals surface area (Å²) in [5.41, 5.74) is 3.86. The largest absolute Gasteiger partial charge is 0.354 e. The molecule has 3 aromatic rings. The SMILES string of the molecule is Cc1ccc(C(=O)N2CCC[C@H](C(=O)NCCn3c(C)nc4ccccc43)C2)cc1. The fraction of sp³-hybridized carbons (Fsp3) is 0.375. The molecule has 2 aromatic carbocycles. The molecular formula is C24H28N4O2. The van der Waals surface area contributed by atoms with Crippen LogP contribution >= 0.6 is 0 Å². The molecule has 0 unspecified atom stereocenters. The Morgan fingerprint density at radius 1 is 1.10 bits per heavy atom. The van der Waals surface area contributed by atoms with Crippen LogP contribution in [0.1, 0.15) is 34.6 Å². The van der Waals surface area contributed by atoms with E-state index in [2.05, 4.69) is 14.9 Å². The van der Waals surface area contributed by atoms with Crippen LogP contribution < -0.4 is 5.32 Å². The summed E-state index contributed by atoms with van der Waals surface area (Å²) >= 11 is 0. The monoisotopic (exact) mass is 404 g/mol. The van der Waals surface area contributed by atoms with Crippen molar-refractivity contribution in [3.8, 4) is 0 Å². The van der Waals surface area contributed by atoms with E-state index < -0.39 is 0 Å². The van der Waals surface area contributed by atoms with Crippen molar-refractivity contribution in [1.82, 2.24) is 19.8 Å². The summed E-state index contributed by atoms with van der Waals surface area (Å²) in [5.74, 6) is 0.818. The minimum atomic E-state index is -0.159. The van der Waals surface area contributed by atoms with E-state index in [0.717, 1.165) is 35.3 Å². The Labute approximate surface area is 176 Å². The van der Waals surface area contributed by atoms with E-state index in [4.69, 9.17) is 0 Å². The Balaban J connectivity index is 1.33. The number of carbonyl (C=O) groups excluding carboxylic acids is 2. The second-order valence-electron chi connectivity index (χ2n) is 8.05. The predicted octanol–water partition coefficient (Wildman–Crippen LogP) is 3.32. The molecule has 1 aliphatic heterocycles. The average molecular weight is 405 g/mol. The third-order valence-corrected chi connectivity index (χ3v) is 5.86. The maximum atomic E-state index is 12.8. The zero-order valence-electron chi connectivity index (χ0n) is 17.6. The van der Waals surface area contributed by atoms with Crippen LogP contribution in [-0.4, -0.2) is 45.9 Å². The van der Waals surface area contributed by atoms with Gasteiger partial charge in [0.15, 0.2) is 0 Å². The first-order valence-corrected chi connectivity index (χ1v) is 10.6. The molecule has 1 aromatic heterocycles. The molecule has 0 saturated carbocycles. The van der Waals surface area contributed by atoms with E-state index in [1.54, 1.807) is 0 Å². The van der Waals surface area contributed by atoms with Gasteiger partial charge in [-0.15, -0.1) is 0 Å². The lowest BCUT2D eigenvalue weighted by molar-refractivity contribution is -0.126. The van der Waals surface area contributed by atoms with Crippen LogP contribution in [0.4, 0.5) is 0 Å². The third kappa shape index (κ3) is 4.22. The van der Waals surface area contributed by atoms with Crippen molar-refractivity contribution in [2.24, 2.45) is 5.92 Å². The Morgan fingerprint density at radius 2 is 1.87 bits per heavy atom. The lowest BCUT2D eigenvalue weighted by Crippen LogP contribution is -2.45. The van der Waals surface area contributed by atoms with Gasteiger partial charge in [0.25, 0.3) is 5.91 Å². The van der Waals surface area contributed by atoms with Crippen LogP contribution in [0, 0.1) is 19.8 Å². The summed E-state index contributed by atoms with van der Waals surface area (Å²) < 4.78 is 2.13. The summed E-state index contributed by atoms with van der Waals surface area (Å²) in [6, 6.07) is 15.6. The van der Waals surface area contributed by atoms with Crippen LogP contribution in [0.3, 0.4) is 0 Å². The summed E-state index contributed by atoms with van der Waals surface area (Å²) in [7, 11) is 0. The maximum absolute atomic E-state index is 12.8. The Kier molecular flexibility index (Phi) is 5.84. The Morgan fingerprint density at radius 3 is 2.67 bits per heavy atom. The molecule has 0 bridgehead atoms. The number of fused-ring (bicyclic) bond motifs is 1. The quantitative estimate of drug-likeness (QED) is 0.709. The highest BCUT2D eigenvalue weighted by Crippen LogP contribution is 2.19. The average Bonchev–Trinajstić information content (AvgIpc) is 3.09. The number of nitrogens with zero attached hydrogens (tertiary/aromatic N) is 3. The Bertz CT molecular complexity index is 1050. The molecule has 2 amide bonds. The van der Waals surface area contributed by atoms with Crippen molar-refractivity contribution in [3.05, 3.63) is 65.5 Å². The second-order valence-corrected chi connectivity index (χ2v) is 8.05. The van der Waals surface area contributed by atoms with Gasteiger partial charge in [0.05, 0.1) is 17.0 Å². The van der Waals surface area contributed by atoms with Gasteiger partial charge in [-0.25, -0.2) is 4.98 Å². The fourth-order valence-electron chi connectivity index (χ4n) is 4.17. The molecule has 1 atom stereocenters. The summed E-state index contributed by atoms with van der Waals surface area (Å²) in [6.07, 6.45) is 1.66. The third-order valence-electron chi connectivity index (χ3n) is 5.86. The number of hydrogen-bond donors (Lipinski definition) is 1. The zero-order chi connectivity index (χ0) is 21.1. The highest BCUT2D eigenvalue weighted by atomic mass is 16.2. The van der Waals surface area contributed by atoms with E-state index in [0.29, 0.717) is 31.7 Å².